The Balaban J connectivity index is 2.26. The highest BCUT2D eigenvalue weighted by Gasteiger charge is 2.23. The SMILES string of the molecule is CC1CN(C)CCN1c1cc(F)ccc1N. The summed E-state index contributed by atoms with van der Waals surface area (Å²) in [4.78, 5) is 4.45. The summed E-state index contributed by atoms with van der Waals surface area (Å²) in [6.07, 6.45) is 0. The van der Waals surface area contributed by atoms with Crippen LogP contribution in [-0.2, 0) is 0 Å². The first-order valence-electron chi connectivity index (χ1n) is 5.58. The van der Waals surface area contributed by atoms with Crippen molar-refractivity contribution < 1.29 is 4.39 Å². The molecule has 3 nitrogen and oxygen atoms in total. The normalized spacial score (nSPS) is 22.4. The van der Waals surface area contributed by atoms with E-state index in [1.54, 1.807) is 6.07 Å². The van der Waals surface area contributed by atoms with E-state index in [-0.39, 0.29) is 5.82 Å². The van der Waals surface area contributed by atoms with Gasteiger partial charge in [-0.25, -0.2) is 4.39 Å². The Morgan fingerprint density at radius 1 is 1.38 bits per heavy atom. The number of benzene rings is 1. The molecule has 1 aliphatic rings. The van der Waals surface area contributed by atoms with Crippen LogP contribution >= 0.6 is 0 Å². The molecule has 0 radical (unpaired) electrons. The quantitative estimate of drug-likeness (QED) is 0.733. The maximum Gasteiger partial charge on any atom is 0.125 e. The molecule has 4 heteroatoms. The minimum Gasteiger partial charge on any atom is -0.397 e. The number of nitrogen functional groups attached to an aromatic ring is 1. The maximum atomic E-state index is 13.2. The minimum atomic E-state index is -0.227. The number of hydrogen-bond acceptors (Lipinski definition) is 3. The van der Waals surface area contributed by atoms with Gasteiger partial charge in [-0.15, -0.1) is 0 Å². The van der Waals surface area contributed by atoms with Crippen molar-refractivity contribution >= 4 is 11.4 Å². The van der Waals surface area contributed by atoms with Gasteiger partial charge in [0, 0.05) is 25.7 Å². The van der Waals surface area contributed by atoms with Crippen molar-refractivity contribution in [3.63, 3.8) is 0 Å². The van der Waals surface area contributed by atoms with Crippen LogP contribution in [0.3, 0.4) is 0 Å². The summed E-state index contributed by atoms with van der Waals surface area (Å²) in [5, 5.41) is 0. The van der Waals surface area contributed by atoms with E-state index in [0.29, 0.717) is 11.7 Å². The number of halogens is 1. The van der Waals surface area contributed by atoms with E-state index in [1.165, 1.54) is 12.1 Å². The largest absolute Gasteiger partial charge is 0.397 e. The molecule has 0 spiro atoms. The Morgan fingerprint density at radius 3 is 2.81 bits per heavy atom. The van der Waals surface area contributed by atoms with E-state index in [4.69, 9.17) is 5.73 Å². The number of nitrogens with zero attached hydrogens (tertiary/aromatic N) is 2. The minimum absolute atomic E-state index is 0.227. The van der Waals surface area contributed by atoms with Crippen LogP contribution in [0.25, 0.3) is 0 Å². The van der Waals surface area contributed by atoms with Crippen LogP contribution in [0.1, 0.15) is 6.92 Å². The monoisotopic (exact) mass is 223 g/mol. The van der Waals surface area contributed by atoms with Gasteiger partial charge in [0.1, 0.15) is 5.82 Å². The fourth-order valence-electron chi connectivity index (χ4n) is 2.26. The molecule has 1 atom stereocenters. The zero-order valence-corrected chi connectivity index (χ0v) is 9.78. The van der Waals surface area contributed by atoms with Gasteiger partial charge in [-0.2, -0.15) is 0 Å². The summed E-state index contributed by atoms with van der Waals surface area (Å²) >= 11 is 0. The molecule has 1 unspecified atom stereocenters. The molecule has 0 bridgehead atoms. The van der Waals surface area contributed by atoms with Gasteiger partial charge >= 0.3 is 0 Å². The average molecular weight is 223 g/mol. The molecule has 88 valence electrons. The lowest BCUT2D eigenvalue weighted by Crippen LogP contribution is -2.50. The van der Waals surface area contributed by atoms with Gasteiger partial charge in [-0.3, -0.25) is 0 Å². The number of anilines is 2. The molecule has 1 aromatic carbocycles. The Morgan fingerprint density at radius 2 is 2.12 bits per heavy atom. The topological polar surface area (TPSA) is 32.5 Å². The van der Waals surface area contributed by atoms with Gasteiger partial charge in [0.2, 0.25) is 0 Å². The third-order valence-corrected chi connectivity index (χ3v) is 3.13. The number of likely N-dealkylation sites (N-methyl/N-ethyl adjacent to an activating group) is 1. The molecule has 1 aromatic rings. The first kappa shape index (κ1) is 11.2. The van der Waals surface area contributed by atoms with Crippen molar-refractivity contribution in [1.29, 1.82) is 0 Å². The highest BCUT2D eigenvalue weighted by molar-refractivity contribution is 5.68. The molecule has 0 aromatic heterocycles. The Hall–Kier alpha value is -1.29. The van der Waals surface area contributed by atoms with Gasteiger partial charge in [0.05, 0.1) is 11.4 Å². The van der Waals surface area contributed by atoms with Crippen molar-refractivity contribution in [2.45, 2.75) is 13.0 Å². The second-order valence-electron chi connectivity index (χ2n) is 4.51. The highest BCUT2D eigenvalue weighted by Crippen LogP contribution is 2.27. The molecule has 1 fully saturated rings. The van der Waals surface area contributed by atoms with E-state index in [1.807, 2.05) is 0 Å². The third-order valence-electron chi connectivity index (χ3n) is 3.13. The van der Waals surface area contributed by atoms with E-state index in [0.717, 1.165) is 25.3 Å². The predicted molar refractivity (Wildman–Crippen MR) is 65.1 cm³/mol. The fourth-order valence-corrected chi connectivity index (χ4v) is 2.26. The molecule has 0 amide bonds. The molecule has 2 rings (SSSR count). The molecule has 0 aliphatic carbocycles. The smallest absolute Gasteiger partial charge is 0.125 e. The first-order valence-corrected chi connectivity index (χ1v) is 5.58. The van der Waals surface area contributed by atoms with Gasteiger partial charge in [0.25, 0.3) is 0 Å². The number of nitrogens with two attached hydrogens (primary N) is 1. The second-order valence-corrected chi connectivity index (χ2v) is 4.51. The fraction of sp³-hybridized carbons (Fsp3) is 0.500. The standard InChI is InChI=1S/C12H18FN3/c1-9-8-15(2)5-6-16(9)12-7-10(13)3-4-11(12)14/h3-4,7,9H,5-6,8,14H2,1-2H3. The van der Waals surface area contributed by atoms with Gasteiger partial charge in [-0.05, 0) is 32.2 Å². The zero-order valence-electron chi connectivity index (χ0n) is 9.78. The van der Waals surface area contributed by atoms with Crippen LogP contribution in [0.15, 0.2) is 18.2 Å². The van der Waals surface area contributed by atoms with Crippen LogP contribution in [0.5, 0.6) is 0 Å². The number of piperazine rings is 1. The van der Waals surface area contributed by atoms with E-state index in [2.05, 4.69) is 23.8 Å². The van der Waals surface area contributed by atoms with Crippen molar-refractivity contribution in [3.8, 4) is 0 Å². The number of rotatable bonds is 1. The third kappa shape index (κ3) is 2.11. The molecular formula is C12H18FN3. The van der Waals surface area contributed by atoms with E-state index < -0.39 is 0 Å². The Kier molecular flexibility index (Phi) is 3.01. The Labute approximate surface area is 95.6 Å². The van der Waals surface area contributed by atoms with Crippen LogP contribution in [0, 0.1) is 5.82 Å². The lowest BCUT2D eigenvalue weighted by atomic mass is 10.1. The van der Waals surface area contributed by atoms with Crippen molar-refractivity contribution in [3.05, 3.63) is 24.0 Å². The Bertz CT molecular complexity index is 381. The second kappa shape index (κ2) is 4.29. The van der Waals surface area contributed by atoms with E-state index >= 15 is 0 Å². The van der Waals surface area contributed by atoms with Gasteiger partial charge < -0.3 is 15.5 Å². The van der Waals surface area contributed by atoms with E-state index in [9.17, 15) is 4.39 Å². The molecule has 16 heavy (non-hydrogen) atoms. The molecular weight excluding hydrogens is 205 g/mol. The van der Waals surface area contributed by atoms with Crippen LogP contribution in [0.2, 0.25) is 0 Å². The van der Waals surface area contributed by atoms with Crippen LogP contribution in [0.4, 0.5) is 15.8 Å². The van der Waals surface area contributed by atoms with Crippen molar-refractivity contribution in [2.24, 2.45) is 0 Å². The van der Waals surface area contributed by atoms with Gasteiger partial charge in [-0.1, -0.05) is 0 Å². The lowest BCUT2D eigenvalue weighted by Gasteiger charge is -2.40. The first-order chi connectivity index (χ1) is 7.58. The highest BCUT2D eigenvalue weighted by atomic mass is 19.1. The molecule has 1 saturated heterocycles. The summed E-state index contributed by atoms with van der Waals surface area (Å²) in [5.74, 6) is -0.227. The lowest BCUT2D eigenvalue weighted by molar-refractivity contribution is 0.275. The average Bonchev–Trinajstić information content (AvgIpc) is 2.22. The van der Waals surface area contributed by atoms with Crippen LogP contribution in [-0.4, -0.2) is 37.6 Å². The van der Waals surface area contributed by atoms with Crippen molar-refractivity contribution in [1.82, 2.24) is 4.90 Å². The van der Waals surface area contributed by atoms with Crippen LogP contribution < -0.4 is 10.6 Å². The molecule has 0 saturated carbocycles. The summed E-state index contributed by atoms with van der Waals surface area (Å²) in [6, 6.07) is 4.93. The number of hydrogen-bond donors (Lipinski definition) is 1. The summed E-state index contributed by atoms with van der Waals surface area (Å²) in [6.45, 7) is 5.00. The molecule has 1 heterocycles. The molecule has 2 N–H and O–H groups in total. The predicted octanol–water partition coefficient (Wildman–Crippen LogP) is 1.55. The zero-order chi connectivity index (χ0) is 11.7. The maximum absolute atomic E-state index is 13.2. The van der Waals surface area contributed by atoms with Crippen molar-refractivity contribution in [2.75, 3.05) is 37.3 Å². The summed E-state index contributed by atoms with van der Waals surface area (Å²) < 4.78 is 13.2. The summed E-state index contributed by atoms with van der Waals surface area (Å²) in [7, 11) is 2.10. The van der Waals surface area contributed by atoms with Gasteiger partial charge in [0.15, 0.2) is 0 Å². The summed E-state index contributed by atoms with van der Waals surface area (Å²) in [5.41, 5.74) is 7.37. The molecule has 1 aliphatic heterocycles.